The minimum atomic E-state index is -0.401. The topological polar surface area (TPSA) is 81.1 Å². The van der Waals surface area contributed by atoms with Crippen molar-refractivity contribution in [1.29, 1.82) is 0 Å². The number of halogens is 1. The number of para-hydroxylation sites is 1. The molecule has 2 aromatic heterocycles. The van der Waals surface area contributed by atoms with Crippen molar-refractivity contribution >= 4 is 11.6 Å². The quantitative estimate of drug-likeness (QED) is 0.526. The summed E-state index contributed by atoms with van der Waals surface area (Å²) in [5.41, 5.74) is 8.73. The molecular weight excluding hydrogens is 357 g/mol. The van der Waals surface area contributed by atoms with Gasteiger partial charge in [0.15, 0.2) is 5.78 Å². The summed E-state index contributed by atoms with van der Waals surface area (Å²) in [6.07, 6.45) is 3.30. The molecule has 28 heavy (non-hydrogen) atoms. The number of aromatic nitrogens is 2. The second-order valence-electron chi connectivity index (χ2n) is 6.23. The molecule has 0 aliphatic heterocycles. The maximum Gasteiger partial charge on any atom is 0.200 e. The molecular formula is C22H16FN3O2. The van der Waals surface area contributed by atoms with Crippen LogP contribution in [-0.4, -0.2) is 20.4 Å². The fraction of sp³-hybridized carbons (Fsp3) is 0. The Morgan fingerprint density at radius 1 is 1.00 bits per heavy atom. The van der Waals surface area contributed by atoms with Gasteiger partial charge in [-0.15, -0.1) is 0 Å². The highest BCUT2D eigenvalue weighted by molar-refractivity contribution is 6.14. The maximum absolute atomic E-state index is 13.4. The van der Waals surface area contributed by atoms with E-state index in [-0.39, 0.29) is 28.5 Å². The van der Waals surface area contributed by atoms with Crippen LogP contribution < -0.4 is 5.73 Å². The Kier molecular flexibility index (Phi) is 4.37. The lowest BCUT2D eigenvalue weighted by Crippen LogP contribution is -2.07. The van der Waals surface area contributed by atoms with E-state index in [1.54, 1.807) is 53.4 Å². The number of ketones is 1. The molecule has 5 nitrogen and oxygen atoms in total. The summed E-state index contributed by atoms with van der Waals surface area (Å²) in [7, 11) is 0. The van der Waals surface area contributed by atoms with Gasteiger partial charge in [-0.3, -0.25) is 14.3 Å². The molecule has 0 saturated heterocycles. The fourth-order valence-electron chi connectivity index (χ4n) is 3.11. The highest BCUT2D eigenvalue weighted by atomic mass is 19.1. The van der Waals surface area contributed by atoms with Gasteiger partial charge in [-0.2, -0.15) is 0 Å². The minimum absolute atomic E-state index is 0.121. The predicted molar refractivity (Wildman–Crippen MR) is 105 cm³/mol. The van der Waals surface area contributed by atoms with Crippen molar-refractivity contribution in [3.8, 4) is 22.7 Å². The van der Waals surface area contributed by atoms with Crippen LogP contribution in [0.5, 0.6) is 5.75 Å². The molecule has 0 spiro atoms. The van der Waals surface area contributed by atoms with Crippen molar-refractivity contribution < 1.29 is 14.3 Å². The molecule has 6 heteroatoms. The van der Waals surface area contributed by atoms with Gasteiger partial charge in [0.25, 0.3) is 0 Å². The Bertz CT molecular complexity index is 1150. The summed E-state index contributed by atoms with van der Waals surface area (Å²) in [5.74, 6) is -0.701. The van der Waals surface area contributed by atoms with Gasteiger partial charge in [-0.1, -0.05) is 12.1 Å². The lowest BCUT2D eigenvalue weighted by Gasteiger charge is -2.12. The molecule has 4 rings (SSSR count). The Morgan fingerprint density at radius 2 is 1.75 bits per heavy atom. The van der Waals surface area contributed by atoms with Crippen molar-refractivity contribution in [3.63, 3.8) is 0 Å². The van der Waals surface area contributed by atoms with Crippen molar-refractivity contribution in [2.75, 3.05) is 5.73 Å². The van der Waals surface area contributed by atoms with E-state index in [9.17, 15) is 14.3 Å². The van der Waals surface area contributed by atoms with E-state index < -0.39 is 5.78 Å². The summed E-state index contributed by atoms with van der Waals surface area (Å²) in [6, 6.07) is 17.4. The van der Waals surface area contributed by atoms with E-state index >= 15 is 0 Å². The normalized spacial score (nSPS) is 10.8. The molecule has 2 heterocycles. The molecule has 4 aromatic rings. The lowest BCUT2D eigenvalue weighted by molar-refractivity contribution is 0.103. The standard InChI is InChI=1S/C22H16FN3O2/c23-15-7-9-16(10-8-15)26-19(14-4-3-11-25-13-14)12-18(22(26)24)21(28)17-5-1-2-6-20(17)27/h1-13,27H,24H2. The number of benzene rings is 2. The van der Waals surface area contributed by atoms with Gasteiger partial charge in [0.2, 0.25) is 0 Å². The average Bonchev–Trinajstić information content (AvgIpc) is 3.06. The lowest BCUT2D eigenvalue weighted by atomic mass is 10.0. The first-order chi connectivity index (χ1) is 13.6. The number of phenolic OH excluding ortho intramolecular Hbond substituents is 1. The number of hydrogen-bond donors (Lipinski definition) is 2. The predicted octanol–water partition coefficient (Wildman–Crippen LogP) is 4.20. The Hall–Kier alpha value is -3.93. The largest absolute Gasteiger partial charge is 0.507 e. The first-order valence-corrected chi connectivity index (χ1v) is 8.56. The first-order valence-electron chi connectivity index (χ1n) is 8.56. The second-order valence-corrected chi connectivity index (χ2v) is 6.23. The molecule has 0 unspecified atom stereocenters. The van der Waals surface area contributed by atoms with Crippen LogP contribution >= 0.6 is 0 Å². The van der Waals surface area contributed by atoms with E-state index in [1.165, 1.54) is 24.3 Å². The first kappa shape index (κ1) is 17.5. The number of nitrogens with two attached hydrogens (primary N) is 1. The number of nitrogens with zero attached hydrogens (tertiary/aromatic N) is 2. The third-order valence-electron chi connectivity index (χ3n) is 4.47. The van der Waals surface area contributed by atoms with Crippen LogP contribution in [0.2, 0.25) is 0 Å². The van der Waals surface area contributed by atoms with Crippen LogP contribution in [0.25, 0.3) is 16.9 Å². The summed E-state index contributed by atoms with van der Waals surface area (Å²) >= 11 is 0. The minimum Gasteiger partial charge on any atom is -0.507 e. The molecule has 0 fully saturated rings. The van der Waals surface area contributed by atoms with Crippen LogP contribution in [0.4, 0.5) is 10.2 Å². The van der Waals surface area contributed by atoms with Gasteiger partial charge in [0, 0.05) is 23.6 Å². The Morgan fingerprint density at radius 3 is 2.43 bits per heavy atom. The summed E-state index contributed by atoms with van der Waals surface area (Å²) in [4.78, 5) is 17.2. The molecule has 0 aliphatic carbocycles. The number of hydrogen-bond acceptors (Lipinski definition) is 4. The third-order valence-corrected chi connectivity index (χ3v) is 4.47. The summed E-state index contributed by atoms with van der Waals surface area (Å²) < 4.78 is 15.1. The number of anilines is 1. The zero-order valence-electron chi connectivity index (χ0n) is 14.7. The molecule has 2 aromatic carbocycles. The van der Waals surface area contributed by atoms with Gasteiger partial charge >= 0.3 is 0 Å². The van der Waals surface area contributed by atoms with E-state index in [1.807, 2.05) is 6.07 Å². The average molecular weight is 373 g/mol. The number of aromatic hydroxyl groups is 1. The molecule has 0 radical (unpaired) electrons. The molecule has 3 N–H and O–H groups in total. The highest BCUT2D eigenvalue weighted by Crippen LogP contribution is 2.33. The molecule has 138 valence electrons. The molecule has 0 aliphatic rings. The van der Waals surface area contributed by atoms with Gasteiger partial charge < -0.3 is 10.8 Å². The highest BCUT2D eigenvalue weighted by Gasteiger charge is 2.23. The third kappa shape index (κ3) is 3.01. The fourth-order valence-corrected chi connectivity index (χ4v) is 3.11. The van der Waals surface area contributed by atoms with Gasteiger partial charge in [-0.05, 0) is 54.6 Å². The van der Waals surface area contributed by atoms with Crippen LogP contribution in [0, 0.1) is 5.82 Å². The van der Waals surface area contributed by atoms with Gasteiger partial charge in [0.05, 0.1) is 16.8 Å². The number of carbonyl (C=O) groups excluding carboxylic acids is 1. The number of phenols is 1. The second kappa shape index (κ2) is 7.00. The Labute approximate surface area is 160 Å². The van der Waals surface area contributed by atoms with E-state index in [2.05, 4.69) is 4.98 Å². The van der Waals surface area contributed by atoms with Crippen LogP contribution in [0.3, 0.4) is 0 Å². The number of rotatable bonds is 4. The SMILES string of the molecule is Nc1c(C(=O)c2ccccc2O)cc(-c2cccnc2)n1-c1ccc(F)cc1. The zero-order valence-corrected chi connectivity index (χ0v) is 14.7. The van der Waals surface area contributed by atoms with Crippen molar-refractivity contribution in [1.82, 2.24) is 9.55 Å². The van der Waals surface area contributed by atoms with Gasteiger partial charge in [-0.25, -0.2) is 4.39 Å². The van der Waals surface area contributed by atoms with Crippen molar-refractivity contribution in [3.05, 3.63) is 96.1 Å². The monoisotopic (exact) mass is 373 g/mol. The van der Waals surface area contributed by atoms with E-state index in [0.29, 0.717) is 11.4 Å². The van der Waals surface area contributed by atoms with Gasteiger partial charge in [0.1, 0.15) is 17.4 Å². The summed E-state index contributed by atoms with van der Waals surface area (Å²) in [5, 5.41) is 10.1. The zero-order chi connectivity index (χ0) is 19.7. The molecule has 0 amide bonds. The number of carbonyl (C=O) groups is 1. The smallest absolute Gasteiger partial charge is 0.200 e. The van der Waals surface area contributed by atoms with Crippen LogP contribution in [0.1, 0.15) is 15.9 Å². The van der Waals surface area contributed by atoms with Crippen LogP contribution in [0.15, 0.2) is 79.1 Å². The maximum atomic E-state index is 13.4. The number of pyridine rings is 1. The van der Waals surface area contributed by atoms with E-state index in [4.69, 9.17) is 5.73 Å². The molecule has 0 bridgehead atoms. The Balaban J connectivity index is 1.93. The van der Waals surface area contributed by atoms with Crippen molar-refractivity contribution in [2.24, 2.45) is 0 Å². The van der Waals surface area contributed by atoms with Crippen molar-refractivity contribution in [2.45, 2.75) is 0 Å². The molecule has 0 atom stereocenters. The summed E-state index contributed by atoms with van der Waals surface area (Å²) in [6.45, 7) is 0. The number of nitrogen functional groups attached to an aromatic ring is 1. The van der Waals surface area contributed by atoms with Crippen LogP contribution in [-0.2, 0) is 0 Å². The molecule has 0 saturated carbocycles. The van der Waals surface area contributed by atoms with E-state index in [0.717, 1.165) is 5.56 Å².